The van der Waals surface area contributed by atoms with Crippen molar-refractivity contribution in [2.75, 3.05) is 26.2 Å². The third-order valence-electron chi connectivity index (χ3n) is 4.41. The zero-order valence-corrected chi connectivity index (χ0v) is 14.6. The van der Waals surface area contributed by atoms with Gasteiger partial charge >= 0.3 is 6.09 Å². The maximum Gasteiger partial charge on any atom is 0.410 e. The highest BCUT2D eigenvalue weighted by molar-refractivity contribution is 5.95. The highest BCUT2D eigenvalue weighted by Gasteiger charge is 2.26. The van der Waals surface area contributed by atoms with Crippen LogP contribution >= 0.6 is 0 Å². The minimum absolute atomic E-state index is 0.0131. The first-order chi connectivity index (χ1) is 12.0. The number of carbonyl (C=O) groups excluding carboxylic acids is 2. The molecule has 1 aliphatic heterocycles. The van der Waals surface area contributed by atoms with Gasteiger partial charge in [-0.05, 0) is 25.5 Å². The quantitative estimate of drug-likeness (QED) is 0.933. The maximum atomic E-state index is 12.6. The molecule has 1 N–H and O–H groups in total. The van der Waals surface area contributed by atoms with Crippen LogP contribution in [-0.2, 0) is 11.3 Å². The van der Waals surface area contributed by atoms with Crippen molar-refractivity contribution >= 4 is 12.0 Å². The van der Waals surface area contributed by atoms with E-state index in [0.29, 0.717) is 31.7 Å². The molecule has 1 aliphatic rings. The molecule has 3 rings (SSSR count). The van der Waals surface area contributed by atoms with E-state index in [1.54, 1.807) is 9.80 Å². The second-order valence-corrected chi connectivity index (χ2v) is 6.31. The van der Waals surface area contributed by atoms with Crippen LogP contribution in [0.25, 0.3) is 0 Å². The summed E-state index contributed by atoms with van der Waals surface area (Å²) in [4.78, 5) is 31.4. The molecule has 1 aromatic carbocycles. The van der Waals surface area contributed by atoms with E-state index in [2.05, 4.69) is 4.98 Å². The van der Waals surface area contributed by atoms with Gasteiger partial charge in [-0.1, -0.05) is 30.3 Å². The zero-order chi connectivity index (χ0) is 17.8. The average Bonchev–Trinajstić information content (AvgIpc) is 2.98. The van der Waals surface area contributed by atoms with Crippen molar-refractivity contribution in [3.8, 4) is 0 Å². The molecule has 0 spiro atoms. The summed E-state index contributed by atoms with van der Waals surface area (Å²) in [7, 11) is 0. The largest absolute Gasteiger partial charge is 0.445 e. The first-order valence-electron chi connectivity index (χ1n) is 8.45. The Morgan fingerprint density at radius 1 is 1.04 bits per heavy atom. The normalized spacial score (nSPS) is 14.5. The van der Waals surface area contributed by atoms with Crippen LogP contribution in [0.5, 0.6) is 0 Å². The van der Waals surface area contributed by atoms with Crippen LogP contribution in [0.2, 0.25) is 0 Å². The molecule has 25 heavy (non-hydrogen) atoms. The van der Waals surface area contributed by atoms with Crippen LogP contribution in [0.15, 0.2) is 36.4 Å². The van der Waals surface area contributed by atoms with Crippen molar-refractivity contribution in [2.45, 2.75) is 20.5 Å². The van der Waals surface area contributed by atoms with Gasteiger partial charge in [0, 0.05) is 37.6 Å². The number of ether oxygens (including phenoxy) is 1. The van der Waals surface area contributed by atoms with Gasteiger partial charge in [0.1, 0.15) is 6.61 Å². The second kappa shape index (κ2) is 7.42. The minimum Gasteiger partial charge on any atom is -0.445 e. The van der Waals surface area contributed by atoms with E-state index in [0.717, 1.165) is 17.0 Å². The molecular formula is C19H23N3O3. The lowest BCUT2D eigenvalue weighted by molar-refractivity contribution is 0.0543. The van der Waals surface area contributed by atoms with E-state index in [-0.39, 0.29) is 18.6 Å². The third kappa shape index (κ3) is 4.02. The highest BCUT2D eigenvalue weighted by atomic mass is 16.6. The molecule has 1 fully saturated rings. The fraction of sp³-hybridized carbons (Fsp3) is 0.368. The molecule has 0 saturated carbocycles. The standard InChI is InChI=1S/C19H23N3O3/c1-14-12-17(15(2)20-14)18(23)21-8-10-22(11-9-21)19(24)25-13-16-6-4-3-5-7-16/h3-7,12,20H,8-11,13H2,1-2H3. The zero-order valence-electron chi connectivity index (χ0n) is 14.6. The molecule has 2 aromatic rings. The molecule has 2 heterocycles. The Balaban J connectivity index is 1.50. The molecular weight excluding hydrogens is 318 g/mol. The van der Waals surface area contributed by atoms with E-state index >= 15 is 0 Å². The maximum absolute atomic E-state index is 12.6. The summed E-state index contributed by atoms with van der Waals surface area (Å²) in [5, 5.41) is 0. The summed E-state index contributed by atoms with van der Waals surface area (Å²) in [6, 6.07) is 11.5. The topological polar surface area (TPSA) is 65.6 Å². The Labute approximate surface area is 147 Å². The lowest BCUT2D eigenvalue weighted by atomic mass is 10.2. The van der Waals surface area contributed by atoms with Crippen molar-refractivity contribution in [3.05, 3.63) is 58.9 Å². The number of piperazine rings is 1. The van der Waals surface area contributed by atoms with Gasteiger partial charge in [-0.2, -0.15) is 0 Å². The van der Waals surface area contributed by atoms with Crippen LogP contribution in [0.1, 0.15) is 27.3 Å². The number of hydrogen-bond acceptors (Lipinski definition) is 3. The second-order valence-electron chi connectivity index (χ2n) is 6.31. The summed E-state index contributed by atoms with van der Waals surface area (Å²) in [5.74, 6) is 0.0131. The van der Waals surface area contributed by atoms with Crippen LogP contribution in [0.4, 0.5) is 4.79 Å². The molecule has 0 aliphatic carbocycles. The smallest absolute Gasteiger partial charge is 0.410 e. The number of aryl methyl sites for hydroxylation is 2. The fourth-order valence-corrected chi connectivity index (χ4v) is 3.02. The van der Waals surface area contributed by atoms with Crippen LogP contribution in [0.3, 0.4) is 0 Å². The molecule has 6 heteroatoms. The van der Waals surface area contributed by atoms with Gasteiger partial charge < -0.3 is 19.5 Å². The number of nitrogens with zero attached hydrogens (tertiary/aromatic N) is 2. The summed E-state index contributed by atoms with van der Waals surface area (Å²) >= 11 is 0. The SMILES string of the molecule is Cc1cc(C(=O)N2CCN(C(=O)OCc3ccccc3)CC2)c(C)[nH]1. The Morgan fingerprint density at radius 2 is 1.68 bits per heavy atom. The monoisotopic (exact) mass is 341 g/mol. The minimum atomic E-state index is -0.329. The molecule has 1 aromatic heterocycles. The Kier molecular flexibility index (Phi) is 5.07. The summed E-state index contributed by atoms with van der Waals surface area (Å²) in [6.45, 7) is 6.11. The van der Waals surface area contributed by atoms with Gasteiger partial charge in [-0.25, -0.2) is 4.79 Å². The van der Waals surface area contributed by atoms with E-state index in [4.69, 9.17) is 4.74 Å². The number of H-pyrrole nitrogens is 1. The van der Waals surface area contributed by atoms with Gasteiger partial charge in [0.25, 0.3) is 5.91 Å². The van der Waals surface area contributed by atoms with Crippen molar-refractivity contribution < 1.29 is 14.3 Å². The van der Waals surface area contributed by atoms with Gasteiger partial charge in [0.2, 0.25) is 0 Å². The Hall–Kier alpha value is -2.76. The van der Waals surface area contributed by atoms with Crippen LogP contribution < -0.4 is 0 Å². The average molecular weight is 341 g/mol. The number of benzene rings is 1. The predicted octanol–water partition coefficient (Wildman–Crippen LogP) is 2.73. The molecule has 2 amide bonds. The number of aromatic nitrogens is 1. The van der Waals surface area contributed by atoms with Crippen molar-refractivity contribution in [1.29, 1.82) is 0 Å². The summed E-state index contributed by atoms with van der Waals surface area (Å²) < 4.78 is 5.35. The lowest BCUT2D eigenvalue weighted by Gasteiger charge is -2.34. The van der Waals surface area contributed by atoms with E-state index in [1.807, 2.05) is 50.2 Å². The van der Waals surface area contributed by atoms with Gasteiger partial charge in [-0.15, -0.1) is 0 Å². The number of nitrogens with one attached hydrogen (secondary N) is 1. The molecule has 1 saturated heterocycles. The highest BCUT2D eigenvalue weighted by Crippen LogP contribution is 2.15. The Morgan fingerprint density at radius 3 is 2.28 bits per heavy atom. The van der Waals surface area contributed by atoms with E-state index < -0.39 is 0 Å². The molecule has 132 valence electrons. The summed E-state index contributed by atoms with van der Waals surface area (Å²) in [6.07, 6.45) is -0.329. The van der Waals surface area contributed by atoms with E-state index in [1.165, 1.54) is 0 Å². The third-order valence-corrected chi connectivity index (χ3v) is 4.41. The molecule has 0 radical (unpaired) electrons. The van der Waals surface area contributed by atoms with Crippen molar-refractivity contribution in [1.82, 2.24) is 14.8 Å². The van der Waals surface area contributed by atoms with Crippen molar-refractivity contribution in [2.24, 2.45) is 0 Å². The van der Waals surface area contributed by atoms with Gasteiger partial charge in [0.05, 0.1) is 5.56 Å². The molecule has 0 unspecified atom stereocenters. The number of amides is 2. The number of hydrogen-bond donors (Lipinski definition) is 1. The van der Waals surface area contributed by atoms with Crippen LogP contribution in [0, 0.1) is 13.8 Å². The van der Waals surface area contributed by atoms with Gasteiger partial charge in [-0.3, -0.25) is 4.79 Å². The molecule has 6 nitrogen and oxygen atoms in total. The Bertz CT molecular complexity index is 747. The van der Waals surface area contributed by atoms with Gasteiger partial charge in [0.15, 0.2) is 0 Å². The lowest BCUT2D eigenvalue weighted by Crippen LogP contribution is -2.50. The first kappa shape index (κ1) is 17.1. The molecule has 0 atom stereocenters. The predicted molar refractivity (Wildman–Crippen MR) is 94.4 cm³/mol. The number of rotatable bonds is 3. The van der Waals surface area contributed by atoms with E-state index in [9.17, 15) is 9.59 Å². The number of aromatic amines is 1. The van der Waals surface area contributed by atoms with Crippen LogP contribution in [-0.4, -0.2) is 53.0 Å². The molecule has 0 bridgehead atoms. The first-order valence-corrected chi connectivity index (χ1v) is 8.45. The summed E-state index contributed by atoms with van der Waals surface area (Å²) in [5.41, 5.74) is 3.52. The van der Waals surface area contributed by atoms with Crippen molar-refractivity contribution in [3.63, 3.8) is 0 Å². The fourth-order valence-electron chi connectivity index (χ4n) is 3.02. The number of carbonyl (C=O) groups is 2.